The van der Waals surface area contributed by atoms with Gasteiger partial charge in [0.25, 0.3) is 0 Å². The van der Waals surface area contributed by atoms with E-state index in [1.807, 2.05) is 0 Å². The molecule has 2 aromatic heterocycles. The van der Waals surface area contributed by atoms with Gasteiger partial charge >= 0.3 is 0 Å². The van der Waals surface area contributed by atoms with Crippen molar-refractivity contribution in [2.24, 2.45) is 0 Å². The Labute approximate surface area is 167 Å². The van der Waals surface area contributed by atoms with Gasteiger partial charge in [-0.15, -0.1) is 11.3 Å². The van der Waals surface area contributed by atoms with E-state index >= 15 is 0 Å². The van der Waals surface area contributed by atoms with E-state index in [9.17, 15) is 9.18 Å². The summed E-state index contributed by atoms with van der Waals surface area (Å²) in [6.07, 6.45) is 0. The Kier molecular flexibility index (Phi) is 5.87. The average Bonchev–Trinajstić information content (AvgIpc) is 3.35. The highest BCUT2D eigenvalue weighted by molar-refractivity contribution is 7.10. The van der Waals surface area contributed by atoms with Gasteiger partial charge in [-0.3, -0.25) is 9.69 Å². The third-order valence-electron chi connectivity index (χ3n) is 5.13. The number of hydrogen-bond donors (Lipinski definition) is 1. The first-order valence-corrected chi connectivity index (χ1v) is 10.3. The Balaban J connectivity index is 1.43. The van der Waals surface area contributed by atoms with Crippen molar-refractivity contribution in [3.63, 3.8) is 0 Å². The van der Waals surface area contributed by atoms with Crippen LogP contribution in [0, 0.1) is 12.7 Å². The molecule has 1 aliphatic rings. The van der Waals surface area contributed by atoms with E-state index in [2.05, 4.69) is 27.7 Å². The van der Waals surface area contributed by atoms with Crippen molar-refractivity contribution in [3.05, 3.63) is 57.7 Å². The summed E-state index contributed by atoms with van der Waals surface area (Å²) >= 11 is 1.73. The molecule has 1 N–H and O–H groups in total. The van der Waals surface area contributed by atoms with E-state index < -0.39 is 0 Å². The van der Waals surface area contributed by atoms with E-state index in [0.29, 0.717) is 28.8 Å². The number of hydrogen-bond acceptors (Lipinski definition) is 6. The van der Waals surface area contributed by atoms with Gasteiger partial charge in [0.05, 0.1) is 25.8 Å². The maximum Gasteiger partial charge on any atom is 0.212 e. The minimum atomic E-state index is -0.335. The number of carbonyl (C=O) groups is 1. The Morgan fingerprint density at radius 3 is 2.89 bits per heavy atom. The van der Waals surface area contributed by atoms with Crippen LogP contribution >= 0.6 is 11.3 Å². The highest BCUT2D eigenvalue weighted by Gasteiger charge is 2.24. The Morgan fingerprint density at radius 2 is 2.14 bits per heavy atom. The quantitative estimate of drug-likeness (QED) is 0.610. The van der Waals surface area contributed by atoms with Gasteiger partial charge in [0, 0.05) is 35.5 Å². The lowest BCUT2D eigenvalue weighted by molar-refractivity contribution is 0.0169. The second kappa shape index (κ2) is 8.53. The Morgan fingerprint density at radius 1 is 1.32 bits per heavy atom. The third kappa shape index (κ3) is 4.03. The fourth-order valence-corrected chi connectivity index (χ4v) is 4.50. The standard InChI is InChI=1S/C21H23FN2O3S/c1-14-16-11-15(22)4-5-19(16)27-21(14)18(25)13-23-12-17(20-3-2-10-28-20)24-6-8-26-9-7-24/h2-5,10-11,17,23H,6-9,12-13H2,1H3. The summed E-state index contributed by atoms with van der Waals surface area (Å²) in [6.45, 7) is 5.86. The van der Waals surface area contributed by atoms with Crippen LogP contribution in [0.2, 0.25) is 0 Å². The summed E-state index contributed by atoms with van der Waals surface area (Å²) in [5, 5.41) is 6.01. The number of nitrogens with zero attached hydrogens (tertiary/aromatic N) is 1. The van der Waals surface area contributed by atoms with Gasteiger partial charge < -0.3 is 14.5 Å². The van der Waals surface area contributed by atoms with Crippen LogP contribution < -0.4 is 5.32 Å². The van der Waals surface area contributed by atoms with Crippen LogP contribution in [0.1, 0.15) is 27.0 Å². The predicted octanol–water partition coefficient (Wildman–Crippen LogP) is 3.79. The summed E-state index contributed by atoms with van der Waals surface area (Å²) in [4.78, 5) is 16.3. The highest BCUT2D eigenvalue weighted by atomic mass is 32.1. The van der Waals surface area contributed by atoms with E-state index in [1.54, 1.807) is 24.3 Å². The Bertz CT molecular complexity index is 948. The minimum Gasteiger partial charge on any atom is -0.453 e. The molecule has 0 amide bonds. The maximum absolute atomic E-state index is 13.5. The predicted molar refractivity (Wildman–Crippen MR) is 108 cm³/mol. The summed E-state index contributed by atoms with van der Waals surface area (Å²) in [5.41, 5.74) is 1.22. The number of fused-ring (bicyclic) bond motifs is 1. The number of benzene rings is 1. The number of ketones is 1. The molecule has 0 saturated carbocycles. The number of morpholine rings is 1. The van der Waals surface area contributed by atoms with Crippen molar-refractivity contribution in [3.8, 4) is 0 Å². The van der Waals surface area contributed by atoms with Crippen molar-refractivity contribution in [2.45, 2.75) is 13.0 Å². The topological polar surface area (TPSA) is 54.7 Å². The molecule has 7 heteroatoms. The van der Waals surface area contributed by atoms with Crippen LogP contribution in [-0.4, -0.2) is 50.1 Å². The number of ether oxygens (including phenoxy) is 1. The number of thiophene rings is 1. The molecule has 1 aliphatic heterocycles. The largest absolute Gasteiger partial charge is 0.453 e. The third-order valence-corrected chi connectivity index (χ3v) is 6.11. The molecule has 1 atom stereocenters. The summed E-state index contributed by atoms with van der Waals surface area (Å²) in [5.74, 6) is -0.161. The molecule has 1 unspecified atom stereocenters. The fraction of sp³-hybridized carbons (Fsp3) is 0.381. The van der Waals surface area contributed by atoms with Crippen LogP contribution in [0.15, 0.2) is 40.1 Å². The molecule has 4 rings (SSSR count). The van der Waals surface area contributed by atoms with Gasteiger partial charge in [0.15, 0.2) is 5.76 Å². The number of nitrogens with one attached hydrogen (secondary N) is 1. The van der Waals surface area contributed by atoms with Crippen LogP contribution in [0.5, 0.6) is 0 Å². The molecule has 28 heavy (non-hydrogen) atoms. The van der Waals surface area contributed by atoms with Crippen LogP contribution in [0.25, 0.3) is 11.0 Å². The first-order valence-electron chi connectivity index (χ1n) is 9.41. The molecule has 0 aliphatic carbocycles. The zero-order valence-electron chi connectivity index (χ0n) is 15.7. The number of furan rings is 1. The first kappa shape index (κ1) is 19.3. The molecule has 1 aromatic carbocycles. The summed E-state index contributed by atoms with van der Waals surface area (Å²) in [6, 6.07) is 8.70. The first-order chi connectivity index (χ1) is 13.6. The number of rotatable bonds is 7. The highest BCUT2D eigenvalue weighted by Crippen LogP contribution is 2.27. The smallest absolute Gasteiger partial charge is 0.212 e. The second-order valence-electron chi connectivity index (χ2n) is 6.93. The van der Waals surface area contributed by atoms with E-state index in [4.69, 9.17) is 9.15 Å². The summed E-state index contributed by atoms with van der Waals surface area (Å²) in [7, 11) is 0. The average molecular weight is 402 g/mol. The fourth-order valence-electron chi connectivity index (χ4n) is 3.64. The normalized spacial score (nSPS) is 16.5. The van der Waals surface area contributed by atoms with Gasteiger partial charge in [0.2, 0.25) is 5.78 Å². The van der Waals surface area contributed by atoms with Gasteiger partial charge in [-0.25, -0.2) is 4.39 Å². The molecule has 3 heterocycles. The lowest BCUT2D eigenvalue weighted by atomic mass is 10.1. The minimum absolute atomic E-state index is 0.124. The zero-order valence-corrected chi connectivity index (χ0v) is 16.6. The molecule has 0 radical (unpaired) electrons. The van der Waals surface area contributed by atoms with Gasteiger partial charge in [-0.05, 0) is 36.6 Å². The van der Waals surface area contributed by atoms with Crippen LogP contribution in [0.4, 0.5) is 4.39 Å². The number of carbonyl (C=O) groups excluding carboxylic acids is 1. The molecule has 3 aromatic rings. The summed E-state index contributed by atoms with van der Waals surface area (Å²) < 4.78 is 24.6. The molecule has 0 spiro atoms. The zero-order chi connectivity index (χ0) is 19.5. The molecule has 1 fully saturated rings. The van der Waals surface area contributed by atoms with Crippen molar-refractivity contribution in [1.82, 2.24) is 10.2 Å². The Hall–Kier alpha value is -2.06. The number of aryl methyl sites for hydroxylation is 1. The van der Waals surface area contributed by atoms with E-state index in [1.165, 1.54) is 17.0 Å². The molecule has 148 valence electrons. The number of Topliss-reactive ketones (excluding diaryl/α,β-unsaturated/α-hetero) is 1. The van der Waals surface area contributed by atoms with E-state index in [0.717, 1.165) is 26.3 Å². The van der Waals surface area contributed by atoms with Gasteiger partial charge in [0.1, 0.15) is 11.4 Å². The lowest BCUT2D eigenvalue weighted by Gasteiger charge is -2.34. The van der Waals surface area contributed by atoms with Crippen LogP contribution in [0.3, 0.4) is 0 Å². The molecule has 1 saturated heterocycles. The van der Waals surface area contributed by atoms with Gasteiger partial charge in [-0.1, -0.05) is 6.07 Å². The second-order valence-corrected chi connectivity index (χ2v) is 7.91. The molecule has 5 nitrogen and oxygen atoms in total. The van der Waals surface area contributed by atoms with Gasteiger partial charge in [-0.2, -0.15) is 0 Å². The van der Waals surface area contributed by atoms with E-state index in [-0.39, 0.29) is 24.2 Å². The molecular weight excluding hydrogens is 379 g/mol. The van der Waals surface area contributed by atoms with Crippen molar-refractivity contribution >= 4 is 28.1 Å². The lowest BCUT2D eigenvalue weighted by Crippen LogP contribution is -2.43. The maximum atomic E-state index is 13.5. The number of halogens is 1. The van der Waals surface area contributed by atoms with Crippen LogP contribution in [-0.2, 0) is 4.74 Å². The monoisotopic (exact) mass is 402 g/mol. The molecular formula is C21H23FN2O3S. The van der Waals surface area contributed by atoms with Crippen molar-refractivity contribution in [2.75, 3.05) is 39.4 Å². The molecule has 0 bridgehead atoms. The van der Waals surface area contributed by atoms with Crippen molar-refractivity contribution in [1.29, 1.82) is 0 Å². The van der Waals surface area contributed by atoms with Crippen molar-refractivity contribution < 1.29 is 18.3 Å². The SMILES string of the molecule is Cc1c(C(=O)CNCC(c2cccs2)N2CCOCC2)oc2ccc(F)cc12.